The van der Waals surface area contributed by atoms with E-state index < -0.39 is 0 Å². The van der Waals surface area contributed by atoms with Gasteiger partial charge < -0.3 is 15.4 Å². The second-order valence-corrected chi connectivity index (χ2v) is 4.53. The average Bonchev–Trinajstić information content (AvgIpc) is 2.22. The molecule has 2 fully saturated rings. The Morgan fingerprint density at radius 2 is 2.33 bits per heavy atom. The average molecular weight is 212 g/mol. The molecule has 1 saturated carbocycles. The van der Waals surface area contributed by atoms with Gasteiger partial charge in [0.25, 0.3) is 0 Å². The molecule has 0 aromatic heterocycles. The predicted molar refractivity (Wildman–Crippen MR) is 57.6 cm³/mol. The molecular weight excluding hydrogens is 192 g/mol. The summed E-state index contributed by atoms with van der Waals surface area (Å²) in [6.07, 6.45) is 4.49. The zero-order chi connectivity index (χ0) is 10.5. The van der Waals surface area contributed by atoms with E-state index in [1.54, 1.807) is 0 Å². The van der Waals surface area contributed by atoms with Crippen LogP contribution in [0.15, 0.2) is 0 Å². The largest absolute Gasteiger partial charge is 0.378 e. The Morgan fingerprint density at radius 3 is 2.93 bits per heavy atom. The summed E-state index contributed by atoms with van der Waals surface area (Å²) in [7, 11) is 0. The van der Waals surface area contributed by atoms with E-state index in [-0.39, 0.29) is 5.91 Å². The van der Waals surface area contributed by atoms with E-state index in [1.165, 1.54) is 19.3 Å². The first-order valence-corrected chi connectivity index (χ1v) is 5.92. The number of amides is 1. The van der Waals surface area contributed by atoms with Gasteiger partial charge in [-0.2, -0.15) is 0 Å². The van der Waals surface area contributed by atoms with Crippen molar-refractivity contribution < 1.29 is 9.53 Å². The van der Waals surface area contributed by atoms with Gasteiger partial charge in [0, 0.05) is 25.6 Å². The molecule has 1 aliphatic carbocycles. The molecule has 1 aliphatic heterocycles. The van der Waals surface area contributed by atoms with E-state index in [0.717, 1.165) is 13.2 Å². The molecule has 1 atom stereocenters. The fourth-order valence-corrected chi connectivity index (χ4v) is 2.02. The third kappa shape index (κ3) is 3.47. The normalized spacial score (nSPS) is 27.1. The van der Waals surface area contributed by atoms with Crippen molar-refractivity contribution in [1.29, 1.82) is 0 Å². The molecule has 15 heavy (non-hydrogen) atoms. The molecule has 0 aromatic rings. The van der Waals surface area contributed by atoms with Crippen molar-refractivity contribution in [3.8, 4) is 0 Å². The van der Waals surface area contributed by atoms with Gasteiger partial charge in [0.2, 0.25) is 5.91 Å². The summed E-state index contributed by atoms with van der Waals surface area (Å²) in [6, 6.07) is 0.295. The number of rotatable bonds is 4. The van der Waals surface area contributed by atoms with Crippen molar-refractivity contribution in [2.24, 2.45) is 5.92 Å². The molecule has 0 bridgehead atoms. The standard InChI is InChI=1S/C11H20N2O2/c14-11(6-9-2-1-3-9)13-7-10-8-15-5-4-12-10/h9-10,12H,1-8H2,(H,13,14). The quantitative estimate of drug-likeness (QED) is 0.704. The van der Waals surface area contributed by atoms with Gasteiger partial charge in [0.15, 0.2) is 0 Å². The molecule has 2 aliphatic rings. The van der Waals surface area contributed by atoms with E-state index in [4.69, 9.17) is 4.74 Å². The van der Waals surface area contributed by atoms with Crippen LogP contribution in [-0.4, -0.2) is 38.3 Å². The van der Waals surface area contributed by atoms with Crippen molar-refractivity contribution in [2.75, 3.05) is 26.3 Å². The number of ether oxygens (including phenoxy) is 1. The lowest BCUT2D eigenvalue weighted by atomic mass is 9.83. The van der Waals surface area contributed by atoms with E-state index in [9.17, 15) is 4.79 Å². The topological polar surface area (TPSA) is 50.4 Å². The summed E-state index contributed by atoms with van der Waals surface area (Å²) in [5.41, 5.74) is 0. The molecule has 1 saturated heterocycles. The van der Waals surface area contributed by atoms with E-state index in [2.05, 4.69) is 10.6 Å². The second-order valence-electron chi connectivity index (χ2n) is 4.53. The molecule has 1 heterocycles. The minimum Gasteiger partial charge on any atom is -0.378 e. The van der Waals surface area contributed by atoms with Crippen LogP contribution in [0, 0.1) is 5.92 Å². The van der Waals surface area contributed by atoms with E-state index >= 15 is 0 Å². The molecular formula is C11H20N2O2. The Morgan fingerprint density at radius 1 is 1.47 bits per heavy atom. The number of carbonyl (C=O) groups excluding carboxylic acids is 1. The summed E-state index contributed by atoms with van der Waals surface area (Å²) in [4.78, 5) is 11.5. The van der Waals surface area contributed by atoms with Crippen molar-refractivity contribution in [2.45, 2.75) is 31.7 Å². The SMILES string of the molecule is O=C(CC1CCC1)NCC1COCCN1. The van der Waals surface area contributed by atoms with Gasteiger partial charge in [-0.05, 0) is 18.8 Å². The van der Waals surface area contributed by atoms with Crippen LogP contribution in [0.5, 0.6) is 0 Å². The summed E-state index contributed by atoms with van der Waals surface area (Å²) < 4.78 is 5.31. The fraction of sp³-hybridized carbons (Fsp3) is 0.909. The predicted octanol–water partition coefficient (Wildman–Crippen LogP) is 0.281. The highest BCUT2D eigenvalue weighted by atomic mass is 16.5. The van der Waals surface area contributed by atoms with Crippen molar-refractivity contribution in [1.82, 2.24) is 10.6 Å². The van der Waals surface area contributed by atoms with Gasteiger partial charge >= 0.3 is 0 Å². The maximum atomic E-state index is 11.5. The van der Waals surface area contributed by atoms with Crippen molar-refractivity contribution in [3.63, 3.8) is 0 Å². The minimum absolute atomic E-state index is 0.201. The molecule has 1 amide bonds. The van der Waals surface area contributed by atoms with Gasteiger partial charge in [-0.3, -0.25) is 4.79 Å². The summed E-state index contributed by atoms with van der Waals surface area (Å²) in [5, 5.41) is 6.29. The lowest BCUT2D eigenvalue weighted by molar-refractivity contribution is -0.122. The zero-order valence-electron chi connectivity index (χ0n) is 9.13. The number of carbonyl (C=O) groups is 1. The number of hydrogen-bond acceptors (Lipinski definition) is 3. The molecule has 2 rings (SSSR count). The Kier molecular flexibility index (Phi) is 3.97. The van der Waals surface area contributed by atoms with Crippen LogP contribution in [0.2, 0.25) is 0 Å². The first kappa shape index (κ1) is 10.9. The van der Waals surface area contributed by atoms with Crippen molar-refractivity contribution in [3.05, 3.63) is 0 Å². The molecule has 0 aromatic carbocycles. The van der Waals surface area contributed by atoms with Crippen LogP contribution < -0.4 is 10.6 Å². The number of morpholine rings is 1. The zero-order valence-corrected chi connectivity index (χ0v) is 9.13. The minimum atomic E-state index is 0.201. The monoisotopic (exact) mass is 212 g/mol. The first-order valence-electron chi connectivity index (χ1n) is 5.92. The molecule has 86 valence electrons. The van der Waals surface area contributed by atoms with Crippen LogP contribution in [0.3, 0.4) is 0 Å². The molecule has 0 radical (unpaired) electrons. The Hall–Kier alpha value is -0.610. The summed E-state index contributed by atoms with van der Waals surface area (Å²) in [6.45, 7) is 3.09. The van der Waals surface area contributed by atoms with Crippen LogP contribution >= 0.6 is 0 Å². The van der Waals surface area contributed by atoms with Crippen LogP contribution in [0.25, 0.3) is 0 Å². The fourth-order valence-electron chi connectivity index (χ4n) is 2.02. The Bertz CT molecular complexity index is 211. The Balaban J connectivity index is 1.57. The highest BCUT2D eigenvalue weighted by Gasteiger charge is 2.21. The van der Waals surface area contributed by atoms with Gasteiger partial charge in [-0.25, -0.2) is 0 Å². The van der Waals surface area contributed by atoms with E-state index in [0.29, 0.717) is 31.5 Å². The first-order chi connectivity index (χ1) is 7.34. The smallest absolute Gasteiger partial charge is 0.220 e. The Labute approximate surface area is 90.8 Å². The van der Waals surface area contributed by atoms with Gasteiger partial charge in [-0.1, -0.05) is 6.42 Å². The maximum Gasteiger partial charge on any atom is 0.220 e. The highest BCUT2D eigenvalue weighted by molar-refractivity contribution is 5.76. The van der Waals surface area contributed by atoms with E-state index in [1.807, 2.05) is 0 Å². The molecule has 0 spiro atoms. The highest BCUT2D eigenvalue weighted by Crippen LogP contribution is 2.28. The molecule has 4 heteroatoms. The van der Waals surface area contributed by atoms with Gasteiger partial charge in [0.1, 0.15) is 0 Å². The molecule has 2 N–H and O–H groups in total. The van der Waals surface area contributed by atoms with Crippen LogP contribution in [0.1, 0.15) is 25.7 Å². The molecule has 4 nitrogen and oxygen atoms in total. The summed E-state index contributed by atoms with van der Waals surface area (Å²) >= 11 is 0. The van der Waals surface area contributed by atoms with Gasteiger partial charge in [-0.15, -0.1) is 0 Å². The van der Waals surface area contributed by atoms with Crippen LogP contribution in [-0.2, 0) is 9.53 Å². The van der Waals surface area contributed by atoms with Crippen molar-refractivity contribution >= 4 is 5.91 Å². The number of nitrogens with one attached hydrogen (secondary N) is 2. The van der Waals surface area contributed by atoms with Crippen LogP contribution in [0.4, 0.5) is 0 Å². The lowest BCUT2D eigenvalue weighted by Crippen LogP contribution is -2.48. The molecule has 1 unspecified atom stereocenters. The summed E-state index contributed by atoms with van der Waals surface area (Å²) in [5.74, 6) is 0.854. The third-order valence-corrected chi connectivity index (χ3v) is 3.24. The van der Waals surface area contributed by atoms with Gasteiger partial charge in [0.05, 0.1) is 13.2 Å². The lowest BCUT2D eigenvalue weighted by Gasteiger charge is -2.26. The third-order valence-electron chi connectivity index (χ3n) is 3.24. The second kappa shape index (κ2) is 5.47. The number of hydrogen-bond donors (Lipinski definition) is 2. The maximum absolute atomic E-state index is 11.5.